The summed E-state index contributed by atoms with van der Waals surface area (Å²) in [5.41, 5.74) is 0.414. The standard InChI is InChI=1S/C11H8FN3O2/c12-8-2-1-3-9(6-8)14-11-7-10(15(16)17)4-5-13-11/h1-7H,(H,13,14). The third kappa shape index (κ3) is 2.75. The lowest BCUT2D eigenvalue weighted by Crippen LogP contribution is -1.95. The highest BCUT2D eigenvalue weighted by Gasteiger charge is 2.06. The topological polar surface area (TPSA) is 68.1 Å². The monoisotopic (exact) mass is 233 g/mol. The number of hydrogen-bond donors (Lipinski definition) is 1. The van der Waals surface area contributed by atoms with Crippen molar-refractivity contribution in [3.8, 4) is 0 Å². The molecule has 0 unspecified atom stereocenters. The Hall–Kier alpha value is -2.50. The number of aromatic nitrogens is 1. The zero-order valence-electron chi connectivity index (χ0n) is 8.63. The second-order valence-electron chi connectivity index (χ2n) is 3.29. The number of benzene rings is 1. The molecule has 17 heavy (non-hydrogen) atoms. The summed E-state index contributed by atoms with van der Waals surface area (Å²) in [5, 5.41) is 13.3. The molecule has 0 aliphatic carbocycles. The van der Waals surface area contributed by atoms with Crippen LogP contribution < -0.4 is 5.32 Å². The molecule has 1 heterocycles. The first-order valence-electron chi connectivity index (χ1n) is 4.78. The van der Waals surface area contributed by atoms with E-state index < -0.39 is 4.92 Å². The van der Waals surface area contributed by atoms with Crippen LogP contribution in [0.1, 0.15) is 0 Å². The summed E-state index contributed by atoms with van der Waals surface area (Å²) in [4.78, 5) is 13.9. The van der Waals surface area contributed by atoms with Crippen molar-refractivity contribution in [2.75, 3.05) is 5.32 Å². The lowest BCUT2D eigenvalue weighted by Gasteiger charge is -2.04. The van der Waals surface area contributed by atoms with Gasteiger partial charge in [0.2, 0.25) is 0 Å². The summed E-state index contributed by atoms with van der Waals surface area (Å²) in [6.07, 6.45) is 1.32. The predicted molar refractivity (Wildman–Crippen MR) is 60.6 cm³/mol. The van der Waals surface area contributed by atoms with Crippen molar-refractivity contribution in [3.63, 3.8) is 0 Å². The van der Waals surface area contributed by atoms with Gasteiger partial charge < -0.3 is 5.32 Å². The van der Waals surface area contributed by atoms with Gasteiger partial charge in [-0.1, -0.05) is 6.07 Å². The van der Waals surface area contributed by atoms with E-state index >= 15 is 0 Å². The first kappa shape index (κ1) is 11.0. The third-order valence-corrected chi connectivity index (χ3v) is 2.05. The number of nitrogens with zero attached hydrogens (tertiary/aromatic N) is 2. The molecule has 5 nitrogen and oxygen atoms in total. The molecule has 0 amide bonds. The average molecular weight is 233 g/mol. The van der Waals surface area contributed by atoms with Crippen molar-refractivity contribution in [1.82, 2.24) is 4.98 Å². The van der Waals surface area contributed by atoms with E-state index in [1.165, 1.54) is 36.5 Å². The highest BCUT2D eigenvalue weighted by Crippen LogP contribution is 2.19. The van der Waals surface area contributed by atoms with Crippen LogP contribution in [-0.4, -0.2) is 9.91 Å². The molecule has 2 aromatic rings. The maximum Gasteiger partial charge on any atom is 0.274 e. The normalized spacial score (nSPS) is 9.94. The molecule has 1 aromatic carbocycles. The Bertz CT molecular complexity index is 560. The molecule has 0 atom stereocenters. The van der Waals surface area contributed by atoms with Crippen molar-refractivity contribution >= 4 is 17.2 Å². The summed E-state index contributed by atoms with van der Waals surface area (Å²) >= 11 is 0. The number of pyridine rings is 1. The lowest BCUT2D eigenvalue weighted by atomic mass is 10.3. The fourth-order valence-corrected chi connectivity index (χ4v) is 1.32. The van der Waals surface area contributed by atoms with Crippen LogP contribution in [0.15, 0.2) is 42.6 Å². The van der Waals surface area contributed by atoms with E-state index in [1.54, 1.807) is 6.07 Å². The van der Waals surface area contributed by atoms with E-state index in [9.17, 15) is 14.5 Å². The van der Waals surface area contributed by atoms with Crippen molar-refractivity contribution < 1.29 is 9.31 Å². The van der Waals surface area contributed by atoms with E-state index in [0.29, 0.717) is 11.5 Å². The number of anilines is 2. The fourth-order valence-electron chi connectivity index (χ4n) is 1.32. The number of hydrogen-bond acceptors (Lipinski definition) is 4. The van der Waals surface area contributed by atoms with Crippen molar-refractivity contribution in [2.45, 2.75) is 0 Å². The molecule has 0 saturated carbocycles. The minimum atomic E-state index is -0.515. The minimum Gasteiger partial charge on any atom is -0.340 e. The molecule has 1 aromatic heterocycles. The van der Waals surface area contributed by atoms with Crippen LogP contribution in [-0.2, 0) is 0 Å². The zero-order chi connectivity index (χ0) is 12.3. The van der Waals surface area contributed by atoms with Crippen LogP contribution in [0, 0.1) is 15.9 Å². The number of nitro groups is 1. The van der Waals surface area contributed by atoms with Gasteiger partial charge in [-0.25, -0.2) is 9.37 Å². The lowest BCUT2D eigenvalue weighted by molar-refractivity contribution is -0.384. The van der Waals surface area contributed by atoms with Gasteiger partial charge >= 0.3 is 0 Å². The molecule has 0 spiro atoms. The first-order valence-corrected chi connectivity index (χ1v) is 4.78. The number of halogens is 1. The third-order valence-electron chi connectivity index (χ3n) is 2.05. The quantitative estimate of drug-likeness (QED) is 0.653. The van der Waals surface area contributed by atoms with Crippen LogP contribution in [0.3, 0.4) is 0 Å². The van der Waals surface area contributed by atoms with E-state index in [4.69, 9.17) is 0 Å². The summed E-state index contributed by atoms with van der Waals surface area (Å²) in [6, 6.07) is 8.34. The maximum absolute atomic E-state index is 12.9. The van der Waals surface area contributed by atoms with Gasteiger partial charge in [0.05, 0.1) is 11.0 Å². The second kappa shape index (κ2) is 4.56. The molecule has 0 fully saturated rings. The van der Waals surface area contributed by atoms with Crippen LogP contribution in [0.25, 0.3) is 0 Å². The van der Waals surface area contributed by atoms with Gasteiger partial charge in [0.15, 0.2) is 0 Å². The van der Waals surface area contributed by atoms with Gasteiger partial charge in [-0.2, -0.15) is 0 Å². The van der Waals surface area contributed by atoms with Gasteiger partial charge in [-0.3, -0.25) is 10.1 Å². The molecule has 0 saturated heterocycles. The molecule has 2 rings (SSSR count). The van der Waals surface area contributed by atoms with Crippen LogP contribution in [0.5, 0.6) is 0 Å². The van der Waals surface area contributed by atoms with E-state index in [2.05, 4.69) is 10.3 Å². The highest BCUT2D eigenvalue weighted by atomic mass is 19.1. The Kier molecular flexibility index (Phi) is 2.95. The number of rotatable bonds is 3. The molecule has 6 heteroatoms. The van der Waals surface area contributed by atoms with E-state index in [-0.39, 0.29) is 11.5 Å². The zero-order valence-corrected chi connectivity index (χ0v) is 8.63. The van der Waals surface area contributed by atoms with Gasteiger partial charge in [-0.05, 0) is 18.2 Å². The Morgan fingerprint density at radius 1 is 1.29 bits per heavy atom. The molecular weight excluding hydrogens is 225 g/mol. The summed E-state index contributed by atoms with van der Waals surface area (Å²) in [6.45, 7) is 0. The predicted octanol–water partition coefficient (Wildman–Crippen LogP) is 2.87. The van der Waals surface area contributed by atoms with Crippen LogP contribution >= 0.6 is 0 Å². The molecule has 0 bridgehead atoms. The highest BCUT2D eigenvalue weighted by molar-refractivity contribution is 5.58. The average Bonchev–Trinajstić information content (AvgIpc) is 2.29. The minimum absolute atomic E-state index is 0.0705. The SMILES string of the molecule is O=[N+]([O-])c1ccnc(Nc2cccc(F)c2)c1. The van der Waals surface area contributed by atoms with Crippen LogP contribution in [0.4, 0.5) is 21.6 Å². The van der Waals surface area contributed by atoms with Crippen molar-refractivity contribution in [3.05, 3.63) is 58.5 Å². The second-order valence-corrected chi connectivity index (χ2v) is 3.29. The summed E-state index contributed by atoms with van der Waals surface area (Å²) in [5.74, 6) is -0.0924. The summed E-state index contributed by atoms with van der Waals surface area (Å²) < 4.78 is 12.9. The van der Waals surface area contributed by atoms with Crippen LogP contribution in [0.2, 0.25) is 0 Å². The van der Waals surface area contributed by atoms with Gasteiger partial charge in [0.25, 0.3) is 5.69 Å². The van der Waals surface area contributed by atoms with E-state index in [0.717, 1.165) is 0 Å². The van der Waals surface area contributed by atoms with Gasteiger partial charge in [0.1, 0.15) is 11.6 Å². The van der Waals surface area contributed by atoms with Crippen molar-refractivity contribution in [1.29, 1.82) is 0 Å². The maximum atomic E-state index is 12.9. The molecular formula is C11H8FN3O2. The van der Waals surface area contributed by atoms with Gasteiger partial charge in [-0.15, -0.1) is 0 Å². The Morgan fingerprint density at radius 3 is 2.82 bits per heavy atom. The molecule has 86 valence electrons. The Balaban J connectivity index is 2.24. The fraction of sp³-hybridized carbons (Fsp3) is 0. The molecule has 0 radical (unpaired) electrons. The Labute approximate surface area is 96.1 Å². The molecule has 0 aliphatic heterocycles. The Morgan fingerprint density at radius 2 is 2.12 bits per heavy atom. The largest absolute Gasteiger partial charge is 0.340 e. The summed E-state index contributed by atoms with van der Waals surface area (Å²) in [7, 11) is 0. The molecule has 0 aliphatic rings. The van der Waals surface area contributed by atoms with E-state index in [1.807, 2.05) is 0 Å². The number of nitrogens with one attached hydrogen (secondary N) is 1. The van der Waals surface area contributed by atoms with Gasteiger partial charge in [0, 0.05) is 18.0 Å². The van der Waals surface area contributed by atoms with Crippen molar-refractivity contribution in [2.24, 2.45) is 0 Å². The molecule has 1 N–H and O–H groups in total. The smallest absolute Gasteiger partial charge is 0.274 e. The first-order chi connectivity index (χ1) is 8.15.